The summed E-state index contributed by atoms with van der Waals surface area (Å²) < 4.78 is 5.17. The maximum absolute atomic E-state index is 5.72. The van der Waals surface area contributed by atoms with E-state index < -0.39 is 0 Å². The van der Waals surface area contributed by atoms with E-state index in [4.69, 9.17) is 10.5 Å². The van der Waals surface area contributed by atoms with Crippen molar-refractivity contribution >= 4 is 18.3 Å². The highest BCUT2D eigenvalue weighted by molar-refractivity contribution is 7.80. The van der Waals surface area contributed by atoms with E-state index in [1.807, 2.05) is 6.07 Å². The Morgan fingerprint density at radius 3 is 2.58 bits per heavy atom. The first-order valence-electron chi connectivity index (χ1n) is 3.85. The topological polar surface area (TPSA) is 35.2 Å². The predicted molar refractivity (Wildman–Crippen MR) is 54.0 cm³/mol. The van der Waals surface area contributed by atoms with Crippen molar-refractivity contribution < 1.29 is 4.74 Å². The maximum atomic E-state index is 5.72. The van der Waals surface area contributed by atoms with Crippen LogP contribution in [0.1, 0.15) is 12.5 Å². The number of benzene rings is 1. The number of hydrogen-bond donors (Lipinski definition) is 2. The Labute approximate surface area is 78.1 Å². The van der Waals surface area contributed by atoms with Gasteiger partial charge in [-0.05, 0) is 18.6 Å². The Bertz CT molecular complexity index is 257. The molecule has 0 aliphatic rings. The van der Waals surface area contributed by atoms with Crippen LogP contribution in [0.5, 0.6) is 5.75 Å². The SMILES string of the molecule is CCc1c(S)ccc(N)c1OC. The second-order valence-electron chi connectivity index (χ2n) is 2.54. The molecule has 0 bridgehead atoms. The van der Waals surface area contributed by atoms with Crippen molar-refractivity contribution in [3.8, 4) is 5.75 Å². The number of methoxy groups -OCH3 is 1. The summed E-state index contributed by atoms with van der Waals surface area (Å²) in [6.07, 6.45) is 0.882. The minimum absolute atomic E-state index is 0.673. The van der Waals surface area contributed by atoms with E-state index in [0.29, 0.717) is 5.69 Å². The molecular formula is C9H13NOS. The molecule has 0 aliphatic carbocycles. The summed E-state index contributed by atoms with van der Waals surface area (Å²) in [5, 5.41) is 0. The minimum atomic E-state index is 0.673. The van der Waals surface area contributed by atoms with Crippen molar-refractivity contribution in [3.63, 3.8) is 0 Å². The number of rotatable bonds is 2. The Balaban J connectivity index is 3.28. The monoisotopic (exact) mass is 183 g/mol. The molecule has 0 saturated carbocycles. The van der Waals surface area contributed by atoms with Gasteiger partial charge >= 0.3 is 0 Å². The summed E-state index contributed by atoms with van der Waals surface area (Å²) in [6.45, 7) is 2.05. The van der Waals surface area contributed by atoms with Gasteiger partial charge in [0.25, 0.3) is 0 Å². The summed E-state index contributed by atoms with van der Waals surface area (Å²) >= 11 is 4.31. The summed E-state index contributed by atoms with van der Waals surface area (Å²) in [4.78, 5) is 0.934. The van der Waals surface area contributed by atoms with E-state index in [0.717, 1.165) is 22.6 Å². The Morgan fingerprint density at radius 1 is 1.50 bits per heavy atom. The molecule has 3 heteroatoms. The average molecular weight is 183 g/mol. The smallest absolute Gasteiger partial charge is 0.146 e. The van der Waals surface area contributed by atoms with Gasteiger partial charge in [-0.25, -0.2) is 0 Å². The number of ether oxygens (including phenoxy) is 1. The fourth-order valence-corrected chi connectivity index (χ4v) is 1.55. The van der Waals surface area contributed by atoms with Crippen LogP contribution >= 0.6 is 12.6 Å². The molecule has 1 aromatic rings. The van der Waals surface area contributed by atoms with Crippen LogP contribution in [0, 0.1) is 0 Å². The summed E-state index contributed by atoms with van der Waals surface area (Å²) in [5.41, 5.74) is 7.46. The zero-order chi connectivity index (χ0) is 9.14. The number of nitrogen functional groups attached to an aromatic ring is 1. The number of thiol groups is 1. The normalized spacial score (nSPS) is 9.92. The first-order chi connectivity index (χ1) is 5.70. The highest BCUT2D eigenvalue weighted by atomic mass is 32.1. The maximum Gasteiger partial charge on any atom is 0.146 e. The van der Waals surface area contributed by atoms with Crippen molar-refractivity contribution in [1.82, 2.24) is 0 Å². The highest BCUT2D eigenvalue weighted by Crippen LogP contribution is 2.31. The zero-order valence-electron chi connectivity index (χ0n) is 7.29. The molecule has 0 radical (unpaired) electrons. The molecule has 12 heavy (non-hydrogen) atoms. The van der Waals surface area contributed by atoms with Gasteiger partial charge in [0, 0.05) is 10.5 Å². The summed E-state index contributed by atoms with van der Waals surface area (Å²) in [7, 11) is 1.62. The van der Waals surface area contributed by atoms with Crippen LogP contribution in [0.25, 0.3) is 0 Å². The lowest BCUT2D eigenvalue weighted by Gasteiger charge is -2.11. The summed E-state index contributed by atoms with van der Waals surface area (Å²) in [6, 6.07) is 3.69. The molecule has 2 nitrogen and oxygen atoms in total. The molecule has 0 aromatic heterocycles. The van der Waals surface area contributed by atoms with E-state index >= 15 is 0 Å². The van der Waals surface area contributed by atoms with Gasteiger partial charge in [-0.15, -0.1) is 12.6 Å². The van der Waals surface area contributed by atoms with Crippen LogP contribution in [-0.4, -0.2) is 7.11 Å². The van der Waals surface area contributed by atoms with Gasteiger partial charge in [-0.1, -0.05) is 6.92 Å². The lowest BCUT2D eigenvalue weighted by molar-refractivity contribution is 0.411. The van der Waals surface area contributed by atoms with Gasteiger partial charge < -0.3 is 10.5 Å². The van der Waals surface area contributed by atoms with Crippen molar-refractivity contribution in [2.24, 2.45) is 0 Å². The molecular weight excluding hydrogens is 170 g/mol. The number of nitrogens with two attached hydrogens (primary N) is 1. The van der Waals surface area contributed by atoms with E-state index in [9.17, 15) is 0 Å². The minimum Gasteiger partial charge on any atom is -0.494 e. The van der Waals surface area contributed by atoms with Gasteiger partial charge in [0.1, 0.15) is 5.75 Å². The number of anilines is 1. The second-order valence-corrected chi connectivity index (χ2v) is 3.02. The molecule has 0 atom stereocenters. The van der Waals surface area contributed by atoms with Gasteiger partial charge in [0.2, 0.25) is 0 Å². The molecule has 0 spiro atoms. The fourth-order valence-electron chi connectivity index (χ4n) is 1.22. The standard InChI is InChI=1S/C9H13NOS/c1-3-6-8(12)5-4-7(10)9(6)11-2/h4-5,12H,3,10H2,1-2H3. The second kappa shape index (κ2) is 3.72. The van der Waals surface area contributed by atoms with Crippen molar-refractivity contribution in [3.05, 3.63) is 17.7 Å². The molecule has 2 N–H and O–H groups in total. The first-order valence-corrected chi connectivity index (χ1v) is 4.29. The molecule has 1 rings (SSSR count). The van der Waals surface area contributed by atoms with Gasteiger partial charge in [-0.2, -0.15) is 0 Å². The van der Waals surface area contributed by atoms with Crippen LogP contribution in [0.15, 0.2) is 17.0 Å². The van der Waals surface area contributed by atoms with Crippen molar-refractivity contribution in [1.29, 1.82) is 0 Å². The lowest BCUT2D eigenvalue weighted by atomic mass is 10.1. The lowest BCUT2D eigenvalue weighted by Crippen LogP contribution is -1.97. The molecule has 0 unspecified atom stereocenters. The quantitative estimate of drug-likeness (QED) is 0.544. The van der Waals surface area contributed by atoms with Gasteiger partial charge in [-0.3, -0.25) is 0 Å². The Hall–Kier alpha value is -0.830. The molecule has 0 fully saturated rings. The molecule has 0 aliphatic heterocycles. The van der Waals surface area contributed by atoms with Crippen molar-refractivity contribution in [2.45, 2.75) is 18.2 Å². The highest BCUT2D eigenvalue weighted by Gasteiger charge is 2.07. The van der Waals surface area contributed by atoms with Crippen LogP contribution in [0.4, 0.5) is 5.69 Å². The van der Waals surface area contributed by atoms with E-state index in [1.165, 1.54) is 0 Å². The van der Waals surface area contributed by atoms with Crippen LogP contribution in [0.3, 0.4) is 0 Å². The van der Waals surface area contributed by atoms with E-state index in [-0.39, 0.29) is 0 Å². The third-order valence-electron chi connectivity index (χ3n) is 1.82. The Kier molecular flexibility index (Phi) is 2.87. The molecule has 66 valence electrons. The Morgan fingerprint density at radius 2 is 2.17 bits per heavy atom. The van der Waals surface area contributed by atoms with Crippen LogP contribution in [0.2, 0.25) is 0 Å². The third-order valence-corrected chi connectivity index (χ3v) is 2.24. The predicted octanol–water partition coefficient (Wildman–Crippen LogP) is 2.13. The van der Waals surface area contributed by atoms with E-state index in [2.05, 4.69) is 19.6 Å². The molecule has 0 heterocycles. The largest absolute Gasteiger partial charge is 0.494 e. The van der Waals surface area contributed by atoms with Gasteiger partial charge in [0.05, 0.1) is 12.8 Å². The molecule has 0 amide bonds. The molecule has 1 aromatic carbocycles. The van der Waals surface area contributed by atoms with Crippen LogP contribution in [-0.2, 0) is 6.42 Å². The van der Waals surface area contributed by atoms with Gasteiger partial charge in [0.15, 0.2) is 0 Å². The van der Waals surface area contributed by atoms with Crippen LogP contribution < -0.4 is 10.5 Å². The summed E-state index contributed by atoms with van der Waals surface area (Å²) in [5.74, 6) is 0.755. The van der Waals surface area contributed by atoms with E-state index in [1.54, 1.807) is 13.2 Å². The molecule has 0 saturated heterocycles. The third kappa shape index (κ3) is 1.50. The van der Waals surface area contributed by atoms with Crippen molar-refractivity contribution in [2.75, 3.05) is 12.8 Å². The fraction of sp³-hybridized carbons (Fsp3) is 0.333. The average Bonchev–Trinajstić information content (AvgIpc) is 2.08. The number of hydrogen-bond acceptors (Lipinski definition) is 3. The zero-order valence-corrected chi connectivity index (χ0v) is 8.19. The first kappa shape index (κ1) is 9.26.